The number of nitrogens with one attached hydrogen (secondary N) is 2. The summed E-state index contributed by atoms with van der Waals surface area (Å²) in [6.07, 6.45) is 5.47. The van der Waals surface area contributed by atoms with Gasteiger partial charge in [-0.25, -0.2) is 0 Å². The number of rotatable bonds is 26. The van der Waals surface area contributed by atoms with Gasteiger partial charge in [0.25, 0.3) is 30.4 Å². The number of amides is 2. The van der Waals surface area contributed by atoms with E-state index in [1.54, 1.807) is 10.7 Å². The molecule has 0 unspecified atom stereocenters. The van der Waals surface area contributed by atoms with E-state index in [1.807, 2.05) is 62.5 Å². The second-order valence-electron chi connectivity index (χ2n) is 17.6. The summed E-state index contributed by atoms with van der Waals surface area (Å²) in [6, 6.07) is 15.2. The Labute approximate surface area is 439 Å². The molecule has 2 aromatic heterocycles. The molecule has 0 radical (unpaired) electrons. The quantitative estimate of drug-likeness (QED) is 0.0433. The van der Waals surface area contributed by atoms with E-state index in [4.69, 9.17) is 40.7 Å². The smallest absolute Gasteiger partial charge is 0.266 e. The van der Waals surface area contributed by atoms with Gasteiger partial charge < -0.3 is 35.5 Å². The lowest BCUT2D eigenvalue weighted by atomic mass is 9.93. The maximum Gasteiger partial charge on any atom is 0.266 e. The average molecular weight is 1120 g/mol. The van der Waals surface area contributed by atoms with Crippen molar-refractivity contribution < 1.29 is 62.7 Å². The zero-order chi connectivity index (χ0) is 54.5. The van der Waals surface area contributed by atoms with Crippen LogP contribution < -0.4 is 30.6 Å². The highest BCUT2D eigenvalue weighted by Crippen LogP contribution is 2.36. The van der Waals surface area contributed by atoms with Gasteiger partial charge in [-0.3, -0.25) is 37.8 Å². The second kappa shape index (κ2) is 26.0. The van der Waals surface area contributed by atoms with Gasteiger partial charge in [-0.15, -0.1) is 5.10 Å². The molecule has 2 atom stereocenters. The molecule has 28 heteroatoms. The molecule has 3 aromatic carbocycles. The first-order valence-corrected chi connectivity index (χ1v) is 28.4. The summed E-state index contributed by atoms with van der Waals surface area (Å²) in [5.41, 5.74) is 11.9. The molecule has 0 spiro atoms. The van der Waals surface area contributed by atoms with Gasteiger partial charge in [0.15, 0.2) is 0 Å². The monoisotopic (exact) mass is 1120 g/mol. The lowest BCUT2D eigenvalue weighted by Crippen LogP contribution is -2.54. The minimum absolute atomic E-state index is 0.0600. The molecule has 1 aliphatic heterocycles. The lowest BCUT2D eigenvalue weighted by molar-refractivity contribution is -0.133. The van der Waals surface area contributed by atoms with Crippen molar-refractivity contribution in [2.45, 2.75) is 65.3 Å². The Hall–Kier alpha value is -6.32. The number of halogens is 1. The number of nitrogens with zero attached hydrogens (tertiary/aromatic N) is 7. The van der Waals surface area contributed by atoms with Crippen molar-refractivity contribution in [2.24, 2.45) is 5.73 Å². The van der Waals surface area contributed by atoms with Crippen molar-refractivity contribution in [2.75, 3.05) is 56.5 Å². The molecule has 404 valence electrons. The van der Waals surface area contributed by atoms with Gasteiger partial charge in [0.1, 0.15) is 60.9 Å². The van der Waals surface area contributed by atoms with Crippen LogP contribution in [0.4, 0.5) is 0 Å². The van der Waals surface area contributed by atoms with E-state index in [9.17, 15) is 44.7 Å². The van der Waals surface area contributed by atoms with E-state index < -0.39 is 78.1 Å². The molecule has 1 fully saturated rings. The van der Waals surface area contributed by atoms with Crippen LogP contribution in [0.1, 0.15) is 45.5 Å². The van der Waals surface area contributed by atoms with Crippen LogP contribution in [0.2, 0.25) is 5.02 Å². The van der Waals surface area contributed by atoms with Gasteiger partial charge in [0.2, 0.25) is 11.8 Å². The standard InChI is InChI=1S/C47H57ClN10O14S3/c1-31-35(27-71-45-20-44(70-26-34-18-33(21-49)22-51-23-34)36(19-40(45)48)24-53-42(30-75(67,68)69)46(59)52-10-17-73(61,62)63)6-3-7-38(31)39-8-4-9-43(32(39)2)72-28-37-25-58(55-54-37)12-5-11-56-13-15-57(16-14-56)47(60)41(50)29-74(64,65)66/h3-4,6-9,18-20,22-23,25,41-42,53H,5,10-17,24,26-30,50H2,1-2H3,(H,52,59)(H,61,62,63)(H,64,65,66)(H,67,68,69)/t41-,42-/m0/s1. The number of piperazine rings is 1. The molecule has 75 heavy (non-hydrogen) atoms. The number of aryl methyl sites for hydroxylation is 1. The summed E-state index contributed by atoms with van der Waals surface area (Å²) in [7, 11) is -13.5. The third-order valence-electron chi connectivity index (χ3n) is 11.9. The minimum atomic E-state index is -4.73. The zero-order valence-corrected chi connectivity index (χ0v) is 44.0. The topological polar surface area (TPSA) is 349 Å². The molecular weight excluding hydrogens is 1060 g/mol. The van der Waals surface area contributed by atoms with Crippen LogP contribution in [0.3, 0.4) is 0 Å². The highest BCUT2D eigenvalue weighted by atomic mass is 35.5. The Morgan fingerprint density at radius 1 is 0.813 bits per heavy atom. The number of nitrogens with two attached hydrogens (primary N) is 1. The summed E-state index contributed by atoms with van der Waals surface area (Å²) < 4.78 is 116. The van der Waals surface area contributed by atoms with Crippen LogP contribution >= 0.6 is 11.6 Å². The number of benzene rings is 3. The molecule has 1 aliphatic rings. The Balaban J connectivity index is 1.08. The highest BCUT2D eigenvalue weighted by Gasteiger charge is 2.29. The fourth-order valence-corrected chi connectivity index (χ4v) is 9.93. The molecule has 0 aliphatic carbocycles. The highest BCUT2D eigenvalue weighted by molar-refractivity contribution is 7.86. The number of hydrogen-bond acceptors (Lipinski definition) is 18. The van der Waals surface area contributed by atoms with Crippen LogP contribution in [-0.4, -0.2) is 149 Å². The van der Waals surface area contributed by atoms with Gasteiger partial charge in [0, 0.05) is 81.9 Å². The molecule has 24 nitrogen and oxygen atoms in total. The Morgan fingerprint density at radius 2 is 1.49 bits per heavy atom. The minimum Gasteiger partial charge on any atom is -0.488 e. The van der Waals surface area contributed by atoms with Crippen LogP contribution in [0.15, 0.2) is 73.2 Å². The number of aromatic nitrogens is 4. The van der Waals surface area contributed by atoms with Gasteiger partial charge in [-0.05, 0) is 66.3 Å². The van der Waals surface area contributed by atoms with Crippen LogP contribution in [0.25, 0.3) is 11.1 Å². The fourth-order valence-electron chi connectivity index (χ4n) is 8.04. The van der Waals surface area contributed by atoms with Gasteiger partial charge in [-0.1, -0.05) is 47.1 Å². The molecule has 0 saturated carbocycles. The van der Waals surface area contributed by atoms with Crippen molar-refractivity contribution in [3.8, 4) is 34.4 Å². The number of carbonyl (C=O) groups is 2. The summed E-state index contributed by atoms with van der Waals surface area (Å²) in [5.74, 6) is -3.18. The average Bonchev–Trinajstić information content (AvgIpc) is 3.81. The Kier molecular flexibility index (Phi) is 20.1. The first-order valence-electron chi connectivity index (χ1n) is 23.2. The summed E-state index contributed by atoms with van der Waals surface area (Å²) in [5, 5.41) is 23.0. The Morgan fingerprint density at radius 3 is 2.19 bits per heavy atom. The number of ether oxygens (including phenoxy) is 3. The van der Waals surface area contributed by atoms with Crippen molar-refractivity contribution in [1.82, 2.24) is 40.4 Å². The first kappa shape index (κ1) is 57.9. The molecule has 7 N–H and O–H groups in total. The number of pyridine rings is 1. The van der Waals surface area contributed by atoms with Crippen LogP contribution in [-0.2, 0) is 72.9 Å². The number of nitriles is 1. The lowest BCUT2D eigenvalue weighted by Gasteiger charge is -2.35. The number of carbonyl (C=O) groups excluding carboxylic acids is 2. The van der Waals surface area contributed by atoms with Gasteiger partial charge in [-0.2, -0.15) is 30.5 Å². The third kappa shape index (κ3) is 17.9. The fraction of sp³-hybridized carbons (Fsp3) is 0.404. The van der Waals surface area contributed by atoms with Crippen molar-refractivity contribution >= 4 is 53.8 Å². The van der Waals surface area contributed by atoms with E-state index in [0.29, 0.717) is 60.9 Å². The maximum atomic E-state index is 12.9. The van der Waals surface area contributed by atoms with E-state index in [-0.39, 0.29) is 42.9 Å². The van der Waals surface area contributed by atoms with Gasteiger partial charge in [0.05, 0.1) is 34.0 Å². The summed E-state index contributed by atoms with van der Waals surface area (Å²) in [6.45, 7) is 6.58. The third-order valence-corrected chi connectivity index (χ3v) is 14.5. The summed E-state index contributed by atoms with van der Waals surface area (Å²) in [4.78, 5) is 33.2. The molecule has 3 heterocycles. The van der Waals surface area contributed by atoms with E-state index >= 15 is 0 Å². The molecule has 1 saturated heterocycles. The Bertz CT molecular complexity index is 3220. The largest absolute Gasteiger partial charge is 0.488 e. The van der Waals surface area contributed by atoms with Crippen molar-refractivity contribution in [3.05, 3.63) is 117 Å². The molecular formula is C47H57ClN10O14S3. The van der Waals surface area contributed by atoms with E-state index in [0.717, 1.165) is 40.8 Å². The molecule has 6 rings (SSSR count). The number of hydrogen-bond donors (Lipinski definition) is 6. The predicted octanol–water partition coefficient (Wildman–Crippen LogP) is 2.32. The zero-order valence-electron chi connectivity index (χ0n) is 40.8. The SMILES string of the molecule is Cc1c(COc2cc(OCc3cncc(C#N)c3)c(CN[C@@H](CS(=O)(=O)O)C(=O)NCCS(=O)(=O)O)cc2Cl)cccc1-c1cccc(OCc2cn(CCCN3CCN(C(=O)[C@@H](N)CS(=O)(=O)O)CC3)nn2)c1C. The van der Waals surface area contributed by atoms with E-state index in [1.165, 1.54) is 29.4 Å². The molecule has 2 amide bonds. The van der Waals surface area contributed by atoms with Crippen molar-refractivity contribution in [1.29, 1.82) is 5.26 Å². The van der Waals surface area contributed by atoms with Crippen LogP contribution in [0, 0.1) is 25.2 Å². The normalized spacial score (nSPS) is 14.2. The van der Waals surface area contributed by atoms with Gasteiger partial charge >= 0.3 is 0 Å². The first-order chi connectivity index (χ1) is 35.4. The second-order valence-corrected chi connectivity index (χ2v) is 22.5. The van der Waals surface area contributed by atoms with E-state index in [2.05, 4.69) is 30.8 Å². The van der Waals surface area contributed by atoms with Crippen molar-refractivity contribution in [3.63, 3.8) is 0 Å². The maximum absolute atomic E-state index is 12.9. The molecule has 0 bridgehead atoms. The predicted molar refractivity (Wildman–Crippen MR) is 273 cm³/mol. The summed E-state index contributed by atoms with van der Waals surface area (Å²) >= 11 is 6.78. The van der Waals surface area contributed by atoms with Crippen LogP contribution in [0.5, 0.6) is 17.2 Å². The molecule has 5 aromatic rings.